The van der Waals surface area contributed by atoms with Crippen LogP contribution in [0.2, 0.25) is 0 Å². The van der Waals surface area contributed by atoms with Crippen LogP contribution in [-0.2, 0) is 9.53 Å². The number of hydrogen-bond acceptors (Lipinski definition) is 4. The maximum atomic E-state index is 12.1. The molecule has 1 aromatic carbocycles. The van der Waals surface area contributed by atoms with Gasteiger partial charge in [-0.15, -0.1) is 0 Å². The molecule has 2 aromatic rings. The number of benzene rings is 1. The Morgan fingerprint density at radius 2 is 2.00 bits per heavy atom. The second-order valence-electron chi connectivity index (χ2n) is 3.74. The van der Waals surface area contributed by atoms with Crippen molar-refractivity contribution < 1.29 is 9.53 Å². The normalized spacial score (nSPS) is 11.9. The largest absolute Gasteiger partial charge is 0.367 e. The highest BCUT2D eigenvalue weighted by molar-refractivity contribution is 9.10. The van der Waals surface area contributed by atoms with Crippen molar-refractivity contribution in [2.75, 3.05) is 12.4 Å². The van der Waals surface area contributed by atoms with E-state index in [4.69, 9.17) is 4.74 Å². The Balaban J connectivity index is 2.11. The lowest BCUT2D eigenvalue weighted by Crippen LogP contribution is -2.23. The fourth-order valence-corrected chi connectivity index (χ4v) is 1.80. The molecular weight excluding hydrogens is 310 g/mol. The molecule has 0 saturated carbocycles. The monoisotopic (exact) mass is 321 g/mol. The van der Waals surface area contributed by atoms with E-state index in [1.165, 1.54) is 19.5 Å². The Morgan fingerprint density at radius 1 is 1.26 bits per heavy atom. The summed E-state index contributed by atoms with van der Waals surface area (Å²) in [6.07, 6.45) is 2.31. The van der Waals surface area contributed by atoms with Gasteiger partial charge < -0.3 is 10.1 Å². The van der Waals surface area contributed by atoms with Gasteiger partial charge >= 0.3 is 0 Å². The summed E-state index contributed by atoms with van der Waals surface area (Å²) in [6.45, 7) is 0. The third kappa shape index (κ3) is 3.59. The second kappa shape index (κ2) is 6.40. The minimum absolute atomic E-state index is 0.287. The maximum absolute atomic E-state index is 12.1. The van der Waals surface area contributed by atoms with E-state index in [2.05, 4.69) is 31.2 Å². The van der Waals surface area contributed by atoms with Crippen molar-refractivity contribution in [1.82, 2.24) is 9.97 Å². The highest BCUT2D eigenvalue weighted by Gasteiger charge is 2.20. The molecule has 1 N–H and O–H groups in total. The molecule has 0 saturated heterocycles. The molecule has 0 aliphatic heterocycles. The van der Waals surface area contributed by atoms with Crippen molar-refractivity contribution in [1.29, 1.82) is 0 Å². The molecule has 1 amide bonds. The first-order valence-electron chi connectivity index (χ1n) is 5.57. The molecule has 2 rings (SSSR count). The highest BCUT2D eigenvalue weighted by Crippen LogP contribution is 2.18. The van der Waals surface area contributed by atoms with Gasteiger partial charge in [0.25, 0.3) is 5.91 Å². The molecule has 5 nitrogen and oxygen atoms in total. The van der Waals surface area contributed by atoms with Crippen LogP contribution in [0.3, 0.4) is 0 Å². The predicted octanol–water partition coefficient (Wildman–Crippen LogP) is 2.57. The molecule has 1 heterocycles. The summed E-state index contributed by atoms with van der Waals surface area (Å²) >= 11 is 3.18. The van der Waals surface area contributed by atoms with Crippen molar-refractivity contribution in [2.24, 2.45) is 0 Å². The summed E-state index contributed by atoms with van der Waals surface area (Å²) in [6, 6.07) is 9.26. The first-order chi connectivity index (χ1) is 9.20. The van der Waals surface area contributed by atoms with Crippen LogP contribution in [0.4, 0.5) is 5.82 Å². The lowest BCUT2D eigenvalue weighted by molar-refractivity contribution is -0.126. The molecule has 6 heteroatoms. The maximum Gasteiger partial charge on any atom is 0.259 e. The van der Waals surface area contributed by atoms with E-state index in [1.54, 1.807) is 0 Å². The first-order valence-corrected chi connectivity index (χ1v) is 6.36. The molecule has 1 atom stereocenters. The predicted molar refractivity (Wildman–Crippen MR) is 74.6 cm³/mol. The van der Waals surface area contributed by atoms with E-state index in [0.29, 0.717) is 10.4 Å². The Bertz CT molecular complexity index is 546. The summed E-state index contributed by atoms with van der Waals surface area (Å²) in [5, 5.41) is 2.66. The molecule has 0 aliphatic carbocycles. The molecule has 1 aromatic heterocycles. The number of methoxy groups -OCH3 is 1. The number of nitrogens with zero attached hydrogens (tertiary/aromatic N) is 2. The molecule has 0 fully saturated rings. The molecule has 19 heavy (non-hydrogen) atoms. The molecular formula is C13H12BrN3O2. The van der Waals surface area contributed by atoms with Crippen LogP contribution in [0, 0.1) is 0 Å². The van der Waals surface area contributed by atoms with Gasteiger partial charge in [-0.25, -0.2) is 9.97 Å². The van der Waals surface area contributed by atoms with E-state index in [0.717, 1.165) is 5.56 Å². The lowest BCUT2D eigenvalue weighted by atomic mass is 10.1. The Morgan fingerprint density at radius 3 is 2.58 bits per heavy atom. The van der Waals surface area contributed by atoms with Gasteiger partial charge in [0.1, 0.15) is 4.60 Å². The van der Waals surface area contributed by atoms with Gasteiger partial charge in [-0.2, -0.15) is 0 Å². The van der Waals surface area contributed by atoms with E-state index in [-0.39, 0.29) is 5.91 Å². The van der Waals surface area contributed by atoms with Crippen molar-refractivity contribution in [3.63, 3.8) is 0 Å². The number of anilines is 1. The SMILES string of the molecule is COC(C(=O)Nc1cnc(Br)cn1)c1ccccc1. The highest BCUT2D eigenvalue weighted by atomic mass is 79.9. The Kier molecular flexibility index (Phi) is 4.59. The average Bonchev–Trinajstić information content (AvgIpc) is 2.43. The van der Waals surface area contributed by atoms with Crippen molar-refractivity contribution >= 4 is 27.7 Å². The number of ether oxygens (including phenoxy) is 1. The van der Waals surface area contributed by atoms with Crippen LogP contribution >= 0.6 is 15.9 Å². The average molecular weight is 322 g/mol. The second-order valence-corrected chi connectivity index (χ2v) is 4.55. The molecule has 0 bridgehead atoms. The summed E-state index contributed by atoms with van der Waals surface area (Å²) in [5.41, 5.74) is 0.785. The summed E-state index contributed by atoms with van der Waals surface area (Å²) in [4.78, 5) is 20.1. The fourth-order valence-electron chi connectivity index (χ4n) is 1.59. The van der Waals surface area contributed by atoms with E-state index in [9.17, 15) is 4.79 Å². The smallest absolute Gasteiger partial charge is 0.259 e. The van der Waals surface area contributed by atoms with E-state index >= 15 is 0 Å². The number of rotatable bonds is 4. The quantitative estimate of drug-likeness (QED) is 0.940. The molecule has 0 spiro atoms. The van der Waals surface area contributed by atoms with Crippen LogP contribution in [-0.4, -0.2) is 23.0 Å². The number of aromatic nitrogens is 2. The zero-order valence-electron chi connectivity index (χ0n) is 10.2. The number of halogens is 1. The van der Waals surface area contributed by atoms with Crippen molar-refractivity contribution in [2.45, 2.75) is 6.10 Å². The van der Waals surface area contributed by atoms with Gasteiger partial charge in [0.05, 0.1) is 12.4 Å². The molecule has 0 aliphatic rings. The van der Waals surface area contributed by atoms with Crippen molar-refractivity contribution in [3.8, 4) is 0 Å². The molecule has 0 radical (unpaired) electrons. The van der Waals surface area contributed by atoms with Crippen LogP contribution in [0.5, 0.6) is 0 Å². The summed E-state index contributed by atoms with van der Waals surface area (Å²) < 4.78 is 5.83. The molecule has 1 unspecified atom stereocenters. The Labute approximate surface area is 119 Å². The summed E-state index contributed by atoms with van der Waals surface area (Å²) in [7, 11) is 1.49. The van der Waals surface area contributed by atoms with Gasteiger partial charge in [-0.1, -0.05) is 30.3 Å². The molecule has 98 valence electrons. The van der Waals surface area contributed by atoms with Gasteiger partial charge in [-0.05, 0) is 21.5 Å². The fraction of sp³-hybridized carbons (Fsp3) is 0.154. The minimum atomic E-state index is -0.674. The third-order valence-electron chi connectivity index (χ3n) is 2.45. The number of nitrogens with one attached hydrogen (secondary N) is 1. The van der Waals surface area contributed by atoms with Gasteiger partial charge in [0.2, 0.25) is 0 Å². The van der Waals surface area contributed by atoms with E-state index < -0.39 is 6.10 Å². The summed E-state index contributed by atoms with van der Waals surface area (Å²) in [5.74, 6) is 0.0940. The van der Waals surface area contributed by atoms with Crippen LogP contribution < -0.4 is 5.32 Å². The minimum Gasteiger partial charge on any atom is -0.367 e. The van der Waals surface area contributed by atoms with Gasteiger partial charge in [0.15, 0.2) is 11.9 Å². The zero-order valence-corrected chi connectivity index (χ0v) is 11.8. The van der Waals surface area contributed by atoms with Crippen LogP contribution in [0.15, 0.2) is 47.3 Å². The Hall–Kier alpha value is -1.79. The number of amides is 1. The zero-order chi connectivity index (χ0) is 13.7. The third-order valence-corrected chi connectivity index (χ3v) is 2.86. The first kappa shape index (κ1) is 13.6. The van der Waals surface area contributed by atoms with Crippen molar-refractivity contribution in [3.05, 3.63) is 52.9 Å². The number of carbonyl (C=O) groups is 1. The lowest BCUT2D eigenvalue weighted by Gasteiger charge is -2.15. The van der Waals surface area contributed by atoms with Gasteiger partial charge in [-0.3, -0.25) is 4.79 Å². The van der Waals surface area contributed by atoms with Gasteiger partial charge in [0, 0.05) is 7.11 Å². The number of hydrogen-bond donors (Lipinski definition) is 1. The van der Waals surface area contributed by atoms with Crippen LogP contribution in [0.25, 0.3) is 0 Å². The number of carbonyl (C=O) groups excluding carboxylic acids is 1. The topological polar surface area (TPSA) is 64.1 Å². The van der Waals surface area contributed by atoms with Crippen LogP contribution in [0.1, 0.15) is 11.7 Å². The van der Waals surface area contributed by atoms with E-state index in [1.807, 2.05) is 30.3 Å². The standard InChI is InChI=1S/C13H12BrN3O2/c1-19-12(9-5-3-2-4-6-9)13(18)17-11-8-15-10(14)7-16-11/h2-8,12H,1H3,(H,16,17,18).